The molecule has 1 N–H and O–H groups in total. The van der Waals surface area contributed by atoms with E-state index < -0.39 is 10.0 Å². The highest BCUT2D eigenvalue weighted by Crippen LogP contribution is 1.87. The number of halogens is 1. The van der Waals surface area contributed by atoms with Gasteiger partial charge >= 0.3 is 0 Å². The number of hydrogen-bond donors (Lipinski definition) is 1. The zero-order valence-electron chi connectivity index (χ0n) is 9.20. The van der Waals surface area contributed by atoms with E-state index in [2.05, 4.69) is 4.72 Å². The van der Waals surface area contributed by atoms with Gasteiger partial charge in [0.15, 0.2) is 0 Å². The summed E-state index contributed by atoms with van der Waals surface area (Å²) in [6.45, 7) is 2.49. The van der Waals surface area contributed by atoms with Crippen molar-refractivity contribution in [2.45, 2.75) is 0 Å². The molecule has 15 heavy (non-hydrogen) atoms. The molecule has 0 unspecified atom stereocenters. The lowest BCUT2D eigenvalue weighted by Gasteiger charge is -2.15. The molecular weight excluding hydrogens is 240 g/mol. The molecular formula is C8H19ClN2O3S. The van der Waals surface area contributed by atoms with Gasteiger partial charge in [-0.25, -0.2) is 13.1 Å². The van der Waals surface area contributed by atoms with Crippen LogP contribution in [0.15, 0.2) is 0 Å². The topological polar surface area (TPSA) is 58.6 Å². The Kier molecular flexibility index (Phi) is 8.36. The molecule has 0 atom stereocenters. The van der Waals surface area contributed by atoms with Crippen molar-refractivity contribution in [3.8, 4) is 0 Å². The lowest BCUT2D eigenvalue weighted by Crippen LogP contribution is -2.35. The van der Waals surface area contributed by atoms with Crippen LogP contribution < -0.4 is 4.72 Å². The average molecular weight is 259 g/mol. The number of ether oxygens (including phenoxy) is 1. The minimum Gasteiger partial charge on any atom is -0.383 e. The molecule has 0 aliphatic carbocycles. The number of likely N-dealkylation sites (N-methyl/N-ethyl adjacent to an activating group) is 1. The van der Waals surface area contributed by atoms with Crippen LogP contribution in [0.1, 0.15) is 0 Å². The second-order valence-electron chi connectivity index (χ2n) is 3.20. The molecule has 0 fully saturated rings. The zero-order valence-corrected chi connectivity index (χ0v) is 10.8. The average Bonchev–Trinajstić information content (AvgIpc) is 2.14. The van der Waals surface area contributed by atoms with Crippen molar-refractivity contribution in [2.75, 3.05) is 52.0 Å². The van der Waals surface area contributed by atoms with Crippen molar-refractivity contribution in [3.05, 3.63) is 0 Å². The minimum atomic E-state index is -3.19. The van der Waals surface area contributed by atoms with Gasteiger partial charge in [-0.2, -0.15) is 0 Å². The van der Waals surface area contributed by atoms with Crippen molar-refractivity contribution in [1.29, 1.82) is 0 Å². The van der Waals surface area contributed by atoms with Gasteiger partial charge in [0, 0.05) is 32.6 Å². The first kappa shape index (κ1) is 15.1. The van der Waals surface area contributed by atoms with Crippen LogP contribution in [-0.2, 0) is 14.8 Å². The maximum Gasteiger partial charge on any atom is 0.212 e. The number of methoxy groups -OCH3 is 1. The van der Waals surface area contributed by atoms with Crippen LogP contribution in [-0.4, -0.2) is 65.3 Å². The van der Waals surface area contributed by atoms with Gasteiger partial charge in [0.2, 0.25) is 10.0 Å². The summed E-state index contributed by atoms with van der Waals surface area (Å²) in [5.74, 6) is 0.0885. The first-order valence-corrected chi connectivity index (χ1v) is 6.91. The van der Waals surface area contributed by atoms with E-state index in [0.29, 0.717) is 19.7 Å². The fourth-order valence-corrected chi connectivity index (χ4v) is 2.28. The van der Waals surface area contributed by atoms with Gasteiger partial charge in [-0.3, -0.25) is 0 Å². The largest absolute Gasteiger partial charge is 0.383 e. The number of rotatable bonds is 9. The van der Waals surface area contributed by atoms with E-state index in [1.165, 1.54) is 0 Å². The molecule has 0 heterocycles. The van der Waals surface area contributed by atoms with Crippen molar-refractivity contribution in [1.82, 2.24) is 9.62 Å². The normalized spacial score (nSPS) is 12.3. The molecule has 0 amide bonds. The Bertz CT molecular complexity index is 246. The lowest BCUT2D eigenvalue weighted by molar-refractivity contribution is 0.162. The quantitative estimate of drug-likeness (QED) is 0.578. The fourth-order valence-electron chi connectivity index (χ4n) is 0.925. The predicted molar refractivity (Wildman–Crippen MR) is 61.9 cm³/mol. The molecule has 92 valence electrons. The molecule has 0 rings (SSSR count). The van der Waals surface area contributed by atoms with E-state index in [1.807, 2.05) is 11.9 Å². The Morgan fingerprint density at radius 1 is 1.40 bits per heavy atom. The van der Waals surface area contributed by atoms with E-state index >= 15 is 0 Å². The molecule has 0 radical (unpaired) electrons. The smallest absolute Gasteiger partial charge is 0.212 e. The van der Waals surface area contributed by atoms with E-state index in [0.717, 1.165) is 6.54 Å². The number of hydrogen-bond acceptors (Lipinski definition) is 4. The monoisotopic (exact) mass is 258 g/mol. The van der Waals surface area contributed by atoms with Crippen molar-refractivity contribution in [3.63, 3.8) is 0 Å². The van der Waals surface area contributed by atoms with Crippen molar-refractivity contribution in [2.24, 2.45) is 0 Å². The first-order chi connectivity index (χ1) is 7.02. The summed E-state index contributed by atoms with van der Waals surface area (Å²) in [7, 11) is 0.360. The molecule has 0 aromatic carbocycles. The third-order valence-electron chi connectivity index (χ3n) is 1.84. The van der Waals surface area contributed by atoms with Crippen molar-refractivity contribution < 1.29 is 13.2 Å². The van der Waals surface area contributed by atoms with Crippen molar-refractivity contribution >= 4 is 21.6 Å². The Morgan fingerprint density at radius 3 is 2.60 bits per heavy atom. The summed E-state index contributed by atoms with van der Waals surface area (Å²) in [6.07, 6.45) is 0. The molecule has 7 heteroatoms. The lowest BCUT2D eigenvalue weighted by atomic mass is 10.5. The molecule has 0 saturated carbocycles. The molecule has 0 aromatic heterocycles. The van der Waals surface area contributed by atoms with Crippen LogP contribution >= 0.6 is 11.6 Å². The molecule has 0 bridgehead atoms. The fraction of sp³-hybridized carbons (Fsp3) is 1.00. The van der Waals surface area contributed by atoms with E-state index in [4.69, 9.17) is 16.3 Å². The Balaban J connectivity index is 3.60. The summed E-state index contributed by atoms with van der Waals surface area (Å²) in [5.41, 5.74) is 0. The van der Waals surface area contributed by atoms with Crippen LogP contribution in [0.3, 0.4) is 0 Å². The van der Waals surface area contributed by atoms with Gasteiger partial charge in [-0.15, -0.1) is 11.6 Å². The van der Waals surface area contributed by atoms with Crippen LogP contribution in [0, 0.1) is 0 Å². The van der Waals surface area contributed by atoms with Gasteiger partial charge in [0.25, 0.3) is 0 Å². The molecule has 5 nitrogen and oxygen atoms in total. The summed E-state index contributed by atoms with van der Waals surface area (Å²) >= 11 is 5.35. The maximum atomic E-state index is 11.2. The SMILES string of the molecule is COCCN(C)CCNS(=O)(=O)CCCl. The van der Waals surface area contributed by atoms with Crippen LogP contribution in [0.25, 0.3) is 0 Å². The first-order valence-electron chi connectivity index (χ1n) is 4.72. The van der Waals surface area contributed by atoms with Gasteiger partial charge in [0.05, 0.1) is 12.4 Å². The van der Waals surface area contributed by atoms with Gasteiger partial charge in [-0.05, 0) is 7.05 Å². The molecule has 0 aliphatic rings. The molecule has 0 spiro atoms. The summed E-state index contributed by atoms with van der Waals surface area (Å²) in [6, 6.07) is 0. The number of alkyl halides is 1. The van der Waals surface area contributed by atoms with E-state index in [1.54, 1.807) is 7.11 Å². The number of nitrogens with one attached hydrogen (secondary N) is 1. The highest BCUT2D eigenvalue weighted by Gasteiger charge is 2.08. The van der Waals surface area contributed by atoms with Gasteiger partial charge < -0.3 is 9.64 Å². The maximum absolute atomic E-state index is 11.2. The zero-order chi connectivity index (χ0) is 11.7. The standard InChI is InChI=1S/C8H19ClN2O3S/c1-11(6-7-14-2)5-4-10-15(12,13)8-3-9/h10H,3-8H2,1-2H3. The summed E-state index contributed by atoms with van der Waals surface area (Å²) in [5, 5.41) is 0. The van der Waals surface area contributed by atoms with E-state index in [9.17, 15) is 8.42 Å². The third kappa shape index (κ3) is 9.07. The Labute approximate surface area is 96.8 Å². The van der Waals surface area contributed by atoms with E-state index in [-0.39, 0.29) is 11.6 Å². The van der Waals surface area contributed by atoms with Gasteiger partial charge in [-0.1, -0.05) is 0 Å². The highest BCUT2D eigenvalue weighted by molar-refractivity contribution is 7.89. The minimum absolute atomic E-state index is 0.0314. The second kappa shape index (κ2) is 8.29. The molecule has 0 aliphatic heterocycles. The summed E-state index contributed by atoms with van der Waals surface area (Å²) < 4.78 is 29.7. The summed E-state index contributed by atoms with van der Waals surface area (Å²) in [4.78, 5) is 1.99. The van der Waals surface area contributed by atoms with Crippen LogP contribution in [0.2, 0.25) is 0 Å². The van der Waals surface area contributed by atoms with Crippen LogP contribution in [0.5, 0.6) is 0 Å². The third-order valence-corrected chi connectivity index (χ3v) is 3.64. The Morgan fingerprint density at radius 2 is 2.07 bits per heavy atom. The number of nitrogens with zero attached hydrogens (tertiary/aromatic N) is 1. The molecule has 0 saturated heterocycles. The second-order valence-corrected chi connectivity index (χ2v) is 5.50. The van der Waals surface area contributed by atoms with Crippen LogP contribution in [0.4, 0.5) is 0 Å². The number of sulfonamides is 1. The van der Waals surface area contributed by atoms with Gasteiger partial charge in [0.1, 0.15) is 0 Å². The Hall–Kier alpha value is 0.120. The predicted octanol–water partition coefficient (Wildman–Crippen LogP) is -0.277. The highest BCUT2D eigenvalue weighted by atomic mass is 35.5. The molecule has 0 aromatic rings.